The van der Waals surface area contributed by atoms with E-state index in [1.54, 1.807) is 6.20 Å². The second kappa shape index (κ2) is 2.35. The molecule has 0 aliphatic heterocycles. The van der Waals surface area contributed by atoms with E-state index < -0.39 is 0 Å². The van der Waals surface area contributed by atoms with Crippen molar-refractivity contribution in [2.45, 2.75) is 6.92 Å². The maximum Gasteiger partial charge on any atom is 0.0710 e. The molecule has 0 saturated carbocycles. The highest BCUT2D eigenvalue weighted by Crippen LogP contribution is 2.13. The zero-order chi connectivity index (χ0) is 7.68. The van der Waals surface area contributed by atoms with E-state index in [1.165, 1.54) is 5.56 Å². The highest BCUT2D eigenvalue weighted by atomic mass is 14.6. The number of hydrogen-bond donors (Lipinski definition) is 0. The Labute approximate surface area is 65.7 Å². The number of hydrogen-bond acceptors (Lipinski definition) is 1. The average Bonchev–Trinajstić information content (AvgIpc) is 2.06. The second-order valence-corrected chi connectivity index (χ2v) is 2.56. The Bertz CT molecular complexity index is 374. The molecule has 11 heavy (non-hydrogen) atoms. The highest BCUT2D eigenvalue weighted by Gasteiger charge is 1.93. The number of pyridine rings is 1. The summed E-state index contributed by atoms with van der Waals surface area (Å²) in [4.78, 5) is 4.21. The molecule has 1 aromatic heterocycles. The molecule has 1 radical (unpaired) electrons. The minimum Gasteiger partial charge on any atom is -0.256 e. The van der Waals surface area contributed by atoms with Crippen LogP contribution in [0, 0.1) is 13.0 Å². The maximum atomic E-state index is 4.21. The summed E-state index contributed by atoms with van der Waals surface area (Å²) in [6.45, 7) is 2.07. The molecule has 0 aliphatic rings. The van der Waals surface area contributed by atoms with Crippen LogP contribution in [0.3, 0.4) is 0 Å². The van der Waals surface area contributed by atoms with Crippen molar-refractivity contribution >= 4 is 10.9 Å². The Balaban J connectivity index is 2.91. The van der Waals surface area contributed by atoms with Crippen molar-refractivity contribution in [1.29, 1.82) is 0 Å². The second-order valence-electron chi connectivity index (χ2n) is 2.56. The van der Waals surface area contributed by atoms with E-state index in [1.807, 2.05) is 18.2 Å². The molecule has 0 atom stereocenters. The van der Waals surface area contributed by atoms with Gasteiger partial charge in [-0.25, -0.2) is 0 Å². The molecule has 0 bridgehead atoms. The number of rotatable bonds is 0. The van der Waals surface area contributed by atoms with E-state index in [2.05, 4.69) is 24.0 Å². The maximum absolute atomic E-state index is 4.21. The van der Waals surface area contributed by atoms with Crippen LogP contribution in [0.25, 0.3) is 10.9 Å². The molecule has 53 valence electrons. The van der Waals surface area contributed by atoms with Gasteiger partial charge in [-0.2, -0.15) is 0 Å². The minimum atomic E-state index is 1.02. The standard InChI is InChI=1S/C10H8N/c1-8-4-2-6-10-9(8)5-3-7-11-10/h2-4,6-7H,1H3. The highest BCUT2D eigenvalue weighted by molar-refractivity contribution is 5.80. The van der Waals surface area contributed by atoms with E-state index in [0.717, 1.165) is 10.9 Å². The molecule has 1 aromatic carbocycles. The lowest BCUT2D eigenvalue weighted by molar-refractivity contribution is 1.39. The van der Waals surface area contributed by atoms with Crippen LogP contribution < -0.4 is 0 Å². The Morgan fingerprint density at radius 2 is 2.27 bits per heavy atom. The van der Waals surface area contributed by atoms with Crippen molar-refractivity contribution < 1.29 is 0 Å². The summed E-state index contributed by atoms with van der Waals surface area (Å²) in [5.74, 6) is 0. The summed E-state index contributed by atoms with van der Waals surface area (Å²) < 4.78 is 0. The SMILES string of the molecule is Cc1cccc2ncc[c]c12. The van der Waals surface area contributed by atoms with Gasteiger partial charge in [-0.05, 0) is 30.7 Å². The van der Waals surface area contributed by atoms with Crippen molar-refractivity contribution in [2.75, 3.05) is 0 Å². The first-order valence-corrected chi connectivity index (χ1v) is 3.60. The van der Waals surface area contributed by atoms with Crippen LogP contribution in [0.1, 0.15) is 5.56 Å². The number of nitrogens with zero attached hydrogens (tertiary/aromatic N) is 1. The number of aromatic nitrogens is 1. The Morgan fingerprint density at radius 3 is 3.09 bits per heavy atom. The molecular formula is C10H8N. The zero-order valence-corrected chi connectivity index (χ0v) is 6.33. The van der Waals surface area contributed by atoms with Crippen LogP contribution in [-0.2, 0) is 0 Å². The molecule has 0 unspecified atom stereocenters. The van der Waals surface area contributed by atoms with Crippen LogP contribution in [0.5, 0.6) is 0 Å². The lowest BCUT2D eigenvalue weighted by atomic mass is 10.1. The molecule has 1 nitrogen and oxygen atoms in total. The summed E-state index contributed by atoms with van der Waals surface area (Å²) in [6, 6.07) is 11.1. The molecule has 0 amide bonds. The first kappa shape index (κ1) is 6.35. The van der Waals surface area contributed by atoms with Gasteiger partial charge in [0.1, 0.15) is 0 Å². The molecule has 0 aliphatic carbocycles. The van der Waals surface area contributed by atoms with Crippen molar-refractivity contribution in [3.05, 3.63) is 42.1 Å². The van der Waals surface area contributed by atoms with E-state index in [4.69, 9.17) is 0 Å². The fourth-order valence-corrected chi connectivity index (χ4v) is 1.19. The van der Waals surface area contributed by atoms with Gasteiger partial charge >= 0.3 is 0 Å². The van der Waals surface area contributed by atoms with Gasteiger partial charge < -0.3 is 0 Å². The fraction of sp³-hybridized carbons (Fsp3) is 0.100. The molecular weight excluding hydrogens is 134 g/mol. The topological polar surface area (TPSA) is 12.9 Å². The van der Waals surface area contributed by atoms with Crippen molar-refractivity contribution in [3.63, 3.8) is 0 Å². The van der Waals surface area contributed by atoms with Gasteiger partial charge in [0.15, 0.2) is 0 Å². The van der Waals surface area contributed by atoms with Crippen molar-refractivity contribution in [3.8, 4) is 0 Å². The Kier molecular flexibility index (Phi) is 1.35. The Hall–Kier alpha value is -1.37. The van der Waals surface area contributed by atoms with E-state index >= 15 is 0 Å². The van der Waals surface area contributed by atoms with Crippen LogP contribution >= 0.6 is 0 Å². The largest absolute Gasteiger partial charge is 0.256 e. The first-order chi connectivity index (χ1) is 5.38. The van der Waals surface area contributed by atoms with Gasteiger partial charge in [-0.15, -0.1) is 0 Å². The zero-order valence-electron chi connectivity index (χ0n) is 6.33. The number of benzene rings is 1. The lowest BCUT2D eigenvalue weighted by Crippen LogP contribution is -1.79. The predicted molar refractivity (Wildman–Crippen MR) is 45.3 cm³/mol. The van der Waals surface area contributed by atoms with Crippen molar-refractivity contribution in [2.24, 2.45) is 0 Å². The smallest absolute Gasteiger partial charge is 0.0710 e. The third kappa shape index (κ3) is 0.984. The third-order valence-electron chi connectivity index (χ3n) is 1.77. The van der Waals surface area contributed by atoms with E-state index in [-0.39, 0.29) is 0 Å². The molecule has 0 N–H and O–H groups in total. The normalized spacial score (nSPS) is 10.3. The van der Waals surface area contributed by atoms with Gasteiger partial charge in [0.2, 0.25) is 0 Å². The quantitative estimate of drug-likeness (QED) is 0.550. The summed E-state index contributed by atoms with van der Waals surface area (Å²) in [6.07, 6.45) is 1.77. The molecule has 0 fully saturated rings. The van der Waals surface area contributed by atoms with Gasteiger partial charge in [0.05, 0.1) is 5.52 Å². The predicted octanol–water partition coefficient (Wildman–Crippen LogP) is 2.34. The van der Waals surface area contributed by atoms with Crippen LogP contribution in [-0.4, -0.2) is 4.98 Å². The molecule has 1 heteroatoms. The summed E-state index contributed by atoms with van der Waals surface area (Å²) in [5, 5.41) is 1.12. The number of aryl methyl sites for hydroxylation is 1. The minimum absolute atomic E-state index is 1.02. The Morgan fingerprint density at radius 1 is 1.36 bits per heavy atom. The van der Waals surface area contributed by atoms with Gasteiger partial charge in [-0.3, -0.25) is 4.98 Å². The summed E-state index contributed by atoms with van der Waals surface area (Å²) in [7, 11) is 0. The molecule has 2 aromatic rings. The number of fused-ring (bicyclic) bond motifs is 1. The summed E-state index contributed by atoms with van der Waals surface area (Å²) in [5.41, 5.74) is 2.25. The van der Waals surface area contributed by atoms with E-state index in [9.17, 15) is 0 Å². The van der Waals surface area contributed by atoms with Crippen molar-refractivity contribution in [1.82, 2.24) is 4.98 Å². The van der Waals surface area contributed by atoms with Gasteiger partial charge in [0, 0.05) is 11.6 Å². The van der Waals surface area contributed by atoms with Gasteiger partial charge in [0.25, 0.3) is 0 Å². The molecule has 2 rings (SSSR count). The molecule has 0 saturated heterocycles. The van der Waals surface area contributed by atoms with E-state index in [0.29, 0.717) is 0 Å². The first-order valence-electron chi connectivity index (χ1n) is 3.60. The van der Waals surface area contributed by atoms with Crippen LogP contribution in [0.15, 0.2) is 30.5 Å². The third-order valence-corrected chi connectivity index (χ3v) is 1.77. The van der Waals surface area contributed by atoms with Crippen LogP contribution in [0.2, 0.25) is 0 Å². The molecule has 0 spiro atoms. The van der Waals surface area contributed by atoms with Gasteiger partial charge in [-0.1, -0.05) is 12.1 Å². The lowest BCUT2D eigenvalue weighted by Gasteiger charge is -1.97. The molecule has 1 heterocycles. The fourth-order valence-electron chi connectivity index (χ4n) is 1.19. The monoisotopic (exact) mass is 142 g/mol. The average molecular weight is 142 g/mol. The summed E-state index contributed by atoms with van der Waals surface area (Å²) >= 11 is 0. The van der Waals surface area contributed by atoms with Crippen LogP contribution in [0.4, 0.5) is 0 Å².